The SMILES string of the molecule is CCOc1ccc(NC(=NCCc2c[nH]c3ccccc23)NC(=O)c2ccc(F)cc2)cc1. The number of nitrogens with zero attached hydrogens (tertiary/aromatic N) is 1. The molecule has 0 aliphatic carbocycles. The molecule has 0 radical (unpaired) electrons. The van der Waals surface area contributed by atoms with E-state index in [2.05, 4.69) is 26.7 Å². The van der Waals surface area contributed by atoms with Gasteiger partial charge in [-0.25, -0.2) is 4.39 Å². The molecular weight excluding hydrogens is 419 g/mol. The van der Waals surface area contributed by atoms with E-state index < -0.39 is 5.82 Å². The molecule has 4 aromatic rings. The van der Waals surface area contributed by atoms with E-state index in [-0.39, 0.29) is 5.91 Å². The van der Waals surface area contributed by atoms with E-state index in [1.807, 2.05) is 55.6 Å². The Hall–Kier alpha value is -4.13. The van der Waals surface area contributed by atoms with Gasteiger partial charge in [0.05, 0.1) is 6.61 Å². The third-order valence-electron chi connectivity index (χ3n) is 5.09. The lowest BCUT2D eigenvalue weighted by Crippen LogP contribution is -2.36. The number of hydrogen-bond donors (Lipinski definition) is 3. The molecule has 1 heterocycles. The highest BCUT2D eigenvalue weighted by molar-refractivity contribution is 6.10. The maximum absolute atomic E-state index is 13.2. The minimum atomic E-state index is -0.397. The highest BCUT2D eigenvalue weighted by Gasteiger charge is 2.10. The summed E-state index contributed by atoms with van der Waals surface area (Å²) in [5, 5.41) is 7.11. The predicted molar refractivity (Wildman–Crippen MR) is 129 cm³/mol. The van der Waals surface area contributed by atoms with Gasteiger partial charge in [0.1, 0.15) is 11.6 Å². The first kappa shape index (κ1) is 22.1. The van der Waals surface area contributed by atoms with Gasteiger partial charge in [0, 0.05) is 34.9 Å². The number of anilines is 1. The maximum atomic E-state index is 13.2. The molecule has 0 aliphatic heterocycles. The number of halogens is 1. The summed E-state index contributed by atoms with van der Waals surface area (Å²) in [6.45, 7) is 2.97. The van der Waals surface area contributed by atoms with Crippen LogP contribution in [0.4, 0.5) is 10.1 Å². The monoisotopic (exact) mass is 444 g/mol. The van der Waals surface area contributed by atoms with E-state index in [4.69, 9.17) is 4.74 Å². The Morgan fingerprint density at radius 3 is 2.55 bits per heavy atom. The van der Waals surface area contributed by atoms with Crippen LogP contribution < -0.4 is 15.4 Å². The highest BCUT2D eigenvalue weighted by Crippen LogP contribution is 2.18. The van der Waals surface area contributed by atoms with E-state index in [1.165, 1.54) is 24.3 Å². The molecule has 6 nitrogen and oxygen atoms in total. The van der Waals surface area contributed by atoms with Gasteiger partial charge in [-0.05, 0) is 73.5 Å². The molecule has 4 rings (SSSR count). The number of rotatable bonds is 7. The Morgan fingerprint density at radius 2 is 1.79 bits per heavy atom. The van der Waals surface area contributed by atoms with E-state index in [0.717, 1.165) is 27.9 Å². The van der Waals surface area contributed by atoms with Crippen LogP contribution in [0.1, 0.15) is 22.8 Å². The van der Waals surface area contributed by atoms with E-state index in [9.17, 15) is 9.18 Å². The van der Waals surface area contributed by atoms with Crippen LogP contribution >= 0.6 is 0 Å². The van der Waals surface area contributed by atoms with Crippen molar-refractivity contribution in [3.63, 3.8) is 0 Å². The molecule has 7 heteroatoms. The van der Waals surface area contributed by atoms with Crippen molar-refractivity contribution in [3.05, 3.63) is 95.9 Å². The molecule has 0 saturated heterocycles. The third kappa shape index (κ3) is 5.77. The van der Waals surface area contributed by atoms with Gasteiger partial charge in [0.15, 0.2) is 0 Å². The van der Waals surface area contributed by atoms with Gasteiger partial charge in [0.25, 0.3) is 5.91 Å². The maximum Gasteiger partial charge on any atom is 0.257 e. The van der Waals surface area contributed by atoms with Gasteiger partial charge in [-0.3, -0.25) is 15.1 Å². The normalized spacial score (nSPS) is 11.4. The summed E-state index contributed by atoms with van der Waals surface area (Å²) >= 11 is 0. The fourth-order valence-electron chi connectivity index (χ4n) is 3.46. The molecule has 0 fully saturated rings. The number of amides is 1. The number of carbonyl (C=O) groups is 1. The number of fused-ring (bicyclic) bond motifs is 1. The summed E-state index contributed by atoms with van der Waals surface area (Å²) in [7, 11) is 0. The van der Waals surface area contributed by atoms with Crippen LogP contribution in [0.25, 0.3) is 10.9 Å². The van der Waals surface area contributed by atoms with Gasteiger partial charge in [-0.2, -0.15) is 0 Å². The Kier molecular flexibility index (Phi) is 6.99. The van der Waals surface area contributed by atoms with Gasteiger partial charge in [-0.15, -0.1) is 0 Å². The van der Waals surface area contributed by atoms with Crippen LogP contribution in [-0.4, -0.2) is 30.0 Å². The summed E-state index contributed by atoms with van der Waals surface area (Å²) in [4.78, 5) is 20.5. The Labute approximate surface area is 191 Å². The minimum Gasteiger partial charge on any atom is -0.494 e. The molecule has 0 spiro atoms. The van der Waals surface area contributed by atoms with Crippen molar-refractivity contribution < 1.29 is 13.9 Å². The number of ether oxygens (including phenoxy) is 1. The molecule has 1 amide bonds. The van der Waals surface area contributed by atoms with Gasteiger partial charge in [-0.1, -0.05) is 18.2 Å². The summed E-state index contributed by atoms with van der Waals surface area (Å²) in [5.41, 5.74) is 3.33. The number of benzene rings is 3. The third-order valence-corrected chi connectivity index (χ3v) is 5.09. The van der Waals surface area contributed by atoms with E-state index >= 15 is 0 Å². The number of aromatic nitrogens is 1. The first-order valence-corrected chi connectivity index (χ1v) is 10.8. The quantitative estimate of drug-likeness (QED) is 0.273. The predicted octanol–water partition coefficient (Wildman–Crippen LogP) is 5.15. The number of nitrogens with one attached hydrogen (secondary N) is 3. The summed E-state index contributed by atoms with van der Waals surface area (Å²) < 4.78 is 18.7. The molecular formula is C26H25FN4O2. The number of para-hydroxylation sites is 1. The van der Waals surface area contributed by atoms with Crippen LogP contribution in [-0.2, 0) is 6.42 Å². The number of carbonyl (C=O) groups excluding carboxylic acids is 1. The van der Waals surface area contributed by atoms with Crippen LogP contribution in [0, 0.1) is 5.82 Å². The van der Waals surface area contributed by atoms with Crippen LogP contribution in [0.15, 0.2) is 84.0 Å². The van der Waals surface area contributed by atoms with Crippen molar-refractivity contribution in [1.29, 1.82) is 0 Å². The first-order chi connectivity index (χ1) is 16.1. The molecule has 0 saturated carbocycles. The number of H-pyrrole nitrogens is 1. The Morgan fingerprint density at radius 1 is 1.03 bits per heavy atom. The lowest BCUT2D eigenvalue weighted by atomic mass is 10.1. The number of aliphatic imine (C=N–C) groups is 1. The lowest BCUT2D eigenvalue weighted by Gasteiger charge is -2.12. The number of aromatic amines is 1. The van der Waals surface area contributed by atoms with Crippen LogP contribution in [0.3, 0.4) is 0 Å². The topological polar surface area (TPSA) is 78.5 Å². The summed E-state index contributed by atoms with van der Waals surface area (Å²) in [6.07, 6.45) is 2.68. The fourth-order valence-corrected chi connectivity index (χ4v) is 3.46. The molecule has 0 unspecified atom stereocenters. The zero-order valence-electron chi connectivity index (χ0n) is 18.3. The van der Waals surface area contributed by atoms with Gasteiger partial charge >= 0.3 is 0 Å². The smallest absolute Gasteiger partial charge is 0.257 e. The second-order valence-electron chi connectivity index (χ2n) is 7.38. The van der Waals surface area contributed by atoms with Crippen molar-refractivity contribution in [1.82, 2.24) is 10.3 Å². The fraction of sp³-hybridized carbons (Fsp3) is 0.154. The number of guanidine groups is 1. The Bertz CT molecular complexity index is 1250. The molecule has 0 atom stereocenters. The summed E-state index contributed by atoms with van der Waals surface area (Å²) in [5.74, 6) is 0.301. The molecule has 168 valence electrons. The molecule has 1 aromatic heterocycles. The van der Waals surface area contributed by atoms with E-state index in [0.29, 0.717) is 31.1 Å². The van der Waals surface area contributed by atoms with E-state index in [1.54, 1.807) is 0 Å². The average molecular weight is 445 g/mol. The van der Waals surface area contributed by atoms with Crippen molar-refractivity contribution in [2.75, 3.05) is 18.5 Å². The largest absolute Gasteiger partial charge is 0.494 e. The van der Waals surface area contributed by atoms with Gasteiger partial charge < -0.3 is 15.0 Å². The minimum absolute atomic E-state index is 0.313. The molecule has 3 aromatic carbocycles. The van der Waals surface area contributed by atoms with Crippen molar-refractivity contribution in [2.45, 2.75) is 13.3 Å². The molecule has 0 bridgehead atoms. The zero-order valence-corrected chi connectivity index (χ0v) is 18.3. The van der Waals surface area contributed by atoms with Crippen molar-refractivity contribution in [2.24, 2.45) is 4.99 Å². The standard InChI is InChI=1S/C26H25FN4O2/c1-2-33-22-13-11-21(12-14-22)30-26(31-25(32)18-7-9-20(27)10-8-18)28-16-15-19-17-29-24-6-4-3-5-23(19)24/h3-14,17,29H,2,15-16H2,1H3,(H2,28,30,31,32). The average Bonchev–Trinajstić information content (AvgIpc) is 3.24. The van der Waals surface area contributed by atoms with Crippen LogP contribution in [0.2, 0.25) is 0 Å². The second kappa shape index (κ2) is 10.5. The number of hydrogen-bond acceptors (Lipinski definition) is 3. The lowest BCUT2D eigenvalue weighted by molar-refractivity contribution is 0.0977. The summed E-state index contributed by atoms with van der Waals surface area (Å²) in [6, 6.07) is 20.9. The van der Waals surface area contributed by atoms with Crippen molar-refractivity contribution in [3.8, 4) is 5.75 Å². The van der Waals surface area contributed by atoms with Crippen LogP contribution in [0.5, 0.6) is 5.75 Å². The zero-order chi connectivity index (χ0) is 23.0. The Balaban J connectivity index is 1.50. The van der Waals surface area contributed by atoms with Gasteiger partial charge in [0.2, 0.25) is 5.96 Å². The molecule has 3 N–H and O–H groups in total. The first-order valence-electron chi connectivity index (χ1n) is 10.8. The molecule has 0 aliphatic rings. The van der Waals surface area contributed by atoms with Crippen molar-refractivity contribution >= 4 is 28.5 Å². The highest BCUT2D eigenvalue weighted by atomic mass is 19.1. The second-order valence-corrected chi connectivity index (χ2v) is 7.38. The molecule has 33 heavy (non-hydrogen) atoms.